The second-order valence-corrected chi connectivity index (χ2v) is 8.67. The fourth-order valence-electron chi connectivity index (χ4n) is 3.25. The van der Waals surface area contributed by atoms with Gasteiger partial charge in [-0.05, 0) is 58.2 Å². The standard InChI is InChI=1S/C18H28N4O2S/c1-4-21-10-6-8-17(21)15-22(12-11-20(2)3)25(23,24)18-9-5-7-16(13-18)14-19/h5,7,9,13,17H,4,6,8,10-12,15H2,1-3H3. The number of hydrogen-bond acceptors (Lipinski definition) is 5. The third-order valence-corrected chi connectivity index (χ3v) is 6.58. The molecule has 0 radical (unpaired) electrons. The van der Waals surface area contributed by atoms with Crippen molar-refractivity contribution in [1.29, 1.82) is 5.26 Å². The monoisotopic (exact) mass is 364 g/mol. The molecule has 7 heteroatoms. The predicted molar refractivity (Wildman–Crippen MR) is 98.7 cm³/mol. The fraction of sp³-hybridized carbons (Fsp3) is 0.611. The summed E-state index contributed by atoms with van der Waals surface area (Å²) in [5, 5.41) is 9.07. The Morgan fingerprint density at radius 3 is 2.72 bits per heavy atom. The largest absolute Gasteiger partial charge is 0.308 e. The first kappa shape index (κ1) is 19.9. The molecule has 138 valence electrons. The van der Waals surface area contributed by atoms with E-state index in [9.17, 15) is 8.42 Å². The van der Waals surface area contributed by atoms with Gasteiger partial charge < -0.3 is 4.90 Å². The molecule has 1 fully saturated rings. The van der Waals surface area contributed by atoms with Crippen molar-refractivity contribution in [3.05, 3.63) is 29.8 Å². The third kappa shape index (κ3) is 5.02. The van der Waals surface area contributed by atoms with Crippen LogP contribution in [-0.2, 0) is 10.0 Å². The minimum Gasteiger partial charge on any atom is -0.308 e. The van der Waals surface area contributed by atoms with Crippen LogP contribution in [0.2, 0.25) is 0 Å². The summed E-state index contributed by atoms with van der Waals surface area (Å²) in [6, 6.07) is 8.57. The first-order valence-electron chi connectivity index (χ1n) is 8.77. The van der Waals surface area contributed by atoms with Crippen LogP contribution in [0, 0.1) is 11.3 Å². The zero-order valence-electron chi connectivity index (χ0n) is 15.4. The molecule has 1 aromatic carbocycles. The average molecular weight is 365 g/mol. The molecular weight excluding hydrogens is 336 g/mol. The molecule has 0 spiro atoms. The van der Waals surface area contributed by atoms with Crippen LogP contribution in [-0.4, -0.2) is 75.4 Å². The van der Waals surface area contributed by atoms with Gasteiger partial charge in [0.2, 0.25) is 10.0 Å². The first-order chi connectivity index (χ1) is 11.9. The Morgan fingerprint density at radius 1 is 1.32 bits per heavy atom. The lowest BCUT2D eigenvalue weighted by Crippen LogP contribution is -2.45. The van der Waals surface area contributed by atoms with E-state index in [0.717, 1.165) is 25.9 Å². The second kappa shape index (κ2) is 8.77. The van der Waals surface area contributed by atoms with E-state index in [0.29, 0.717) is 25.2 Å². The highest BCUT2D eigenvalue weighted by atomic mass is 32.2. The van der Waals surface area contributed by atoms with Gasteiger partial charge in [0.25, 0.3) is 0 Å². The Balaban J connectivity index is 2.27. The molecule has 0 aliphatic carbocycles. The molecule has 1 heterocycles. The van der Waals surface area contributed by atoms with E-state index in [1.54, 1.807) is 22.5 Å². The minimum atomic E-state index is -3.62. The summed E-state index contributed by atoms with van der Waals surface area (Å²) >= 11 is 0. The molecule has 0 aromatic heterocycles. The van der Waals surface area contributed by atoms with Crippen LogP contribution in [0.4, 0.5) is 0 Å². The zero-order valence-corrected chi connectivity index (χ0v) is 16.2. The normalized spacial score (nSPS) is 18.8. The van der Waals surface area contributed by atoms with Crippen molar-refractivity contribution in [1.82, 2.24) is 14.1 Å². The summed E-state index contributed by atoms with van der Waals surface area (Å²) in [5.74, 6) is 0. The van der Waals surface area contributed by atoms with Crippen molar-refractivity contribution in [3.63, 3.8) is 0 Å². The second-order valence-electron chi connectivity index (χ2n) is 6.73. The Hall–Kier alpha value is -1.46. The van der Waals surface area contributed by atoms with Crippen molar-refractivity contribution in [3.8, 4) is 6.07 Å². The van der Waals surface area contributed by atoms with Crippen molar-refractivity contribution in [2.24, 2.45) is 0 Å². The molecule has 1 saturated heterocycles. The molecule has 0 saturated carbocycles. The molecule has 1 aliphatic rings. The van der Waals surface area contributed by atoms with E-state index < -0.39 is 10.0 Å². The molecule has 6 nitrogen and oxygen atoms in total. The van der Waals surface area contributed by atoms with Gasteiger partial charge in [0.15, 0.2) is 0 Å². The molecular formula is C18H28N4O2S. The van der Waals surface area contributed by atoms with E-state index in [4.69, 9.17) is 5.26 Å². The maximum absolute atomic E-state index is 13.2. The summed E-state index contributed by atoms with van der Waals surface area (Å²) in [4.78, 5) is 4.54. The van der Waals surface area contributed by atoms with Crippen LogP contribution < -0.4 is 0 Å². The van der Waals surface area contributed by atoms with Crippen LogP contribution in [0.15, 0.2) is 29.2 Å². The van der Waals surface area contributed by atoms with Gasteiger partial charge in [0, 0.05) is 25.7 Å². The summed E-state index contributed by atoms with van der Waals surface area (Å²) in [6.07, 6.45) is 2.14. The van der Waals surface area contributed by atoms with Crippen LogP contribution in [0.1, 0.15) is 25.3 Å². The van der Waals surface area contributed by atoms with Crippen molar-refractivity contribution in [2.75, 3.05) is 46.8 Å². The molecule has 0 N–H and O–H groups in total. The van der Waals surface area contributed by atoms with Crippen LogP contribution in [0.25, 0.3) is 0 Å². The smallest absolute Gasteiger partial charge is 0.243 e. The van der Waals surface area contributed by atoms with Gasteiger partial charge in [-0.15, -0.1) is 0 Å². The Kier molecular flexibility index (Phi) is 6.96. The van der Waals surface area contributed by atoms with Gasteiger partial charge in [0.1, 0.15) is 0 Å². The van der Waals surface area contributed by atoms with Crippen LogP contribution >= 0.6 is 0 Å². The number of nitrogens with zero attached hydrogens (tertiary/aromatic N) is 4. The predicted octanol–water partition coefficient (Wildman–Crippen LogP) is 1.59. The number of nitriles is 1. The molecule has 0 bridgehead atoms. The quantitative estimate of drug-likeness (QED) is 0.701. The highest BCUT2D eigenvalue weighted by molar-refractivity contribution is 7.89. The number of rotatable bonds is 8. The molecule has 1 aliphatic heterocycles. The fourth-order valence-corrected chi connectivity index (χ4v) is 4.76. The number of sulfonamides is 1. The van der Waals surface area contributed by atoms with E-state index in [-0.39, 0.29) is 10.9 Å². The third-order valence-electron chi connectivity index (χ3n) is 4.72. The first-order valence-corrected chi connectivity index (χ1v) is 10.2. The molecule has 1 aromatic rings. The zero-order chi connectivity index (χ0) is 18.4. The van der Waals surface area contributed by atoms with E-state index in [2.05, 4.69) is 11.8 Å². The van der Waals surface area contributed by atoms with Gasteiger partial charge >= 0.3 is 0 Å². The lowest BCUT2D eigenvalue weighted by molar-refractivity contribution is 0.220. The highest BCUT2D eigenvalue weighted by Crippen LogP contribution is 2.22. The Labute approximate surface area is 151 Å². The van der Waals surface area contributed by atoms with E-state index in [1.807, 2.05) is 25.1 Å². The number of likely N-dealkylation sites (N-methyl/N-ethyl adjacent to an activating group) is 2. The summed E-state index contributed by atoms with van der Waals surface area (Å²) in [5.41, 5.74) is 0.365. The molecule has 2 rings (SSSR count). The lowest BCUT2D eigenvalue weighted by Gasteiger charge is -2.30. The molecule has 1 atom stereocenters. The summed E-state index contributed by atoms with van der Waals surface area (Å²) in [6.45, 7) is 5.70. The summed E-state index contributed by atoms with van der Waals surface area (Å²) in [7, 11) is 0.259. The lowest BCUT2D eigenvalue weighted by atomic mass is 10.2. The van der Waals surface area contributed by atoms with Crippen molar-refractivity contribution >= 4 is 10.0 Å². The van der Waals surface area contributed by atoms with Crippen molar-refractivity contribution in [2.45, 2.75) is 30.7 Å². The van der Waals surface area contributed by atoms with Crippen molar-refractivity contribution < 1.29 is 8.42 Å². The topological polar surface area (TPSA) is 67.7 Å². The maximum Gasteiger partial charge on any atom is 0.243 e. The minimum absolute atomic E-state index is 0.200. The Morgan fingerprint density at radius 2 is 2.08 bits per heavy atom. The van der Waals surface area contributed by atoms with Crippen LogP contribution in [0.5, 0.6) is 0 Å². The number of likely N-dealkylation sites (tertiary alicyclic amines) is 1. The molecule has 1 unspecified atom stereocenters. The molecule has 25 heavy (non-hydrogen) atoms. The summed E-state index contributed by atoms with van der Waals surface area (Å²) < 4.78 is 27.9. The number of hydrogen-bond donors (Lipinski definition) is 0. The highest BCUT2D eigenvalue weighted by Gasteiger charge is 2.31. The van der Waals surface area contributed by atoms with Crippen LogP contribution in [0.3, 0.4) is 0 Å². The van der Waals surface area contributed by atoms with Gasteiger partial charge in [-0.25, -0.2) is 8.42 Å². The number of benzene rings is 1. The maximum atomic E-state index is 13.2. The van der Waals surface area contributed by atoms with E-state index >= 15 is 0 Å². The van der Waals surface area contributed by atoms with E-state index in [1.165, 1.54) is 6.07 Å². The SMILES string of the molecule is CCN1CCCC1CN(CCN(C)C)S(=O)(=O)c1cccc(C#N)c1. The average Bonchev–Trinajstić information content (AvgIpc) is 3.05. The van der Waals surface area contributed by atoms with Gasteiger partial charge in [-0.1, -0.05) is 13.0 Å². The van der Waals surface area contributed by atoms with Gasteiger partial charge in [-0.3, -0.25) is 4.90 Å². The van der Waals surface area contributed by atoms with Gasteiger partial charge in [-0.2, -0.15) is 9.57 Å². The van der Waals surface area contributed by atoms with Gasteiger partial charge in [0.05, 0.1) is 16.5 Å². The molecule has 0 amide bonds. The Bertz CT molecular complexity index is 712.